The Morgan fingerprint density at radius 3 is 2.73 bits per heavy atom. The minimum absolute atomic E-state index is 0.143. The molecule has 0 saturated heterocycles. The summed E-state index contributed by atoms with van der Waals surface area (Å²) in [5.74, 6) is 0.849. The van der Waals surface area contributed by atoms with E-state index in [2.05, 4.69) is 15.6 Å². The highest BCUT2D eigenvalue weighted by molar-refractivity contribution is 5.81. The van der Waals surface area contributed by atoms with Crippen LogP contribution in [-0.4, -0.2) is 44.0 Å². The van der Waals surface area contributed by atoms with Gasteiger partial charge >= 0.3 is 0 Å². The third-order valence-corrected chi connectivity index (χ3v) is 3.54. The molecule has 0 radical (unpaired) electrons. The first kappa shape index (κ1) is 16.3. The predicted octanol–water partition coefficient (Wildman–Crippen LogP) is 1.36. The molecule has 2 N–H and O–H groups in total. The summed E-state index contributed by atoms with van der Waals surface area (Å²) in [7, 11) is 3.59. The zero-order chi connectivity index (χ0) is 15.9. The molecule has 0 aromatic heterocycles. The van der Waals surface area contributed by atoms with E-state index in [1.165, 1.54) is 12.1 Å². The lowest BCUT2D eigenvalue weighted by Crippen LogP contribution is -2.42. The molecule has 22 heavy (non-hydrogen) atoms. The van der Waals surface area contributed by atoms with Gasteiger partial charge in [0, 0.05) is 39.6 Å². The molecule has 0 atom stereocenters. The second-order valence-electron chi connectivity index (χ2n) is 5.53. The van der Waals surface area contributed by atoms with Crippen molar-refractivity contribution in [3.63, 3.8) is 0 Å². The summed E-state index contributed by atoms with van der Waals surface area (Å²) in [5, 5.41) is 6.08. The number of halogens is 1. The fourth-order valence-electron chi connectivity index (χ4n) is 2.22. The van der Waals surface area contributed by atoms with Crippen LogP contribution in [0.1, 0.15) is 18.4 Å². The first-order valence-corrected chi connectivity index (χ1v) is 7.54. The second kappa shape index (κ2) is 7.77. The van der Waals surface area contributed by atoms with E-state index in [1.807, 2.05) is 18.0 Å². The molecule has 1 aliphatic rings. The Kier molecular flexibility index (Phi) is 5.75. The van der Waals surface area contributed by atoms with Crippen molar-refractivity contribution in [3.05, 3.63) is 35.6 Å². The highest BCUT2D eigenvalue weighted by atomic mass is 19.1. The Labute approximate surface area is 130 Å². The number of carbonyl (C=O) groups is 1. The Bertz CT molecular complexity index is 543. The number of benzene rings is 1. The van der Waals surface area contributed by atoms with Gasteiger partial charge in [-0.25, -0.2) is 4.39 Å². The van der Waals surface area contributed by atoms with Crippen LogP contribution in [0.3, 0.4) is 0 Å². The molecule has 5 nitrogen and oxygen atoms in total. The zero-order valence-corrected chi connectivity index (χ0v) is 13.1. The van der Waals surface area contributed by atoms with Crippen LogP contribution >= 0.6 is 0 Å². The van der Waals surface area contributed by atoms with Gasteiger partial charge in [0.2, 0.25) is 5.91 Å². The zero-order valence-electron chi connectivity index (χ0n) is 13.1. The third kappa shape index (κ3) is 5.02. The van der Waals surface area contributed by atoms with Gasteiger partial charge in [0.1, 0.15) is 5.82 Å². The summed E-state index contributed by atoms with van der Waals surface area (Å²) < 4.78 is 13.2. The molecule has 6 heteroatoms. The maximum Gasteiger partial charge on any atom is 0.223 e. The number of nitrogens with one attached hydrogen (secondary N) is 2. The second-order valence-corrected chi connectivity index (χ2v) is 5.53. The van der Waals surface area contributed by atoms with E-state index in [4.69, 9.17) is 0 Å². The first-order chi connectivity index (χ1) is 10.6. The number of hydrogen-bond acceptors (Lipinski definition) is 2. The van der Waals surface area contributed by atoms with Crippen molar-refractivity contribution >= 4 is 11.9 Å². The van der Waals surface area contributed by atoms with Crippen LogP contribution in [-0.2, 0) is 11.3 Å². The maximum atomic E-state index is 13.2. The fourth-order valence-corrected chi connectivity index (χ4v) is 2.22. The number of nitrogens with zero attached hydrogens (tertiary/aromatic N) is 2. The molecule has 0 bridgehead atoms. The van der Waals surface area contributed by atoms with Gasteiger partial charge in [-0.1, -0.05) is 12.1 Å². The van der Waals surface area contributed by atoms with Crippen molar-refractivity contribution in [2.24, 2.45) is 10.9 Å². The van der Waals surface area contributed by atoms with E-state index < -0.39 is 0 Å². The lowest BCUT2D eigenvalue weighted by Gasteiger charge is -2.22. The van der Waals surface area contributed by atoms with Gasteiger partial charge in [-0.3, -0.25) is 9.79 Å². The van der Waals surface area contributed by atoms with Crippen LogP contribution in [0.5, 0.6) is 0 Å². The van der Waals surface area contributed by atoms with E-state index in [-0.39, 0.29) is 17.6 Å². The van der Waals surface area contributed by atoms with Crippen molar-refractivity contribution in [3.8, 4) is 0 Å². The number of hydrogen-bond donors (Lipinski definition) is 2. The normalized spacial score (nSPS) is 14.6. The fraction of sp³-hybridized carbons (Fsp3) is 0.500. The van der Waals surface area contributed by atoms with E-state index >= 15 is 0 Å². The molecule has 1 saturated carbocycles. The molecular formula is C16H23FN4O. The molecule has 120 valence electrons. The molecule has 1 aromatic rings. The summed E-state index contributed by atoms with van der Waals surface area (Å²) in [6.07, 6.45) is 2.02. The lowest BCUT2D eigenvalue weighted by atomic mass is 10.2. The summed E-state index contributed by atoms with van der Waals surface area (Å²) in [5.41, 5.74) is 0.882. The molecule has 1 amide bonds. The molecule has 0 spiro atoms. The van der Waals surface area contributed by atoms with Crippen molar-refractivity contribution in [2.75, 3.05) is 27.2 Å². The summed E-state index contributed by atoms with van der Waals surface area (Å²) in [6.45, 7) is 1.74. The molecule has 1 aliphatic carbocycles. The number of carbonyl (C=O) groups excluding carboxylic acids is 1. The van der Waals surface area contributed by atoms with Crippen LogP contribution in [0.15, 0.2) is 29.3 Å². The van der Waals surface area contributed by atoms with E-state index in [0.29, 0.717) is 25.6 Å². The predicted molar refractivity (Wildman–Crippen MR) is 85.0 cm³/mol. The smallest absolute Gasteiger partial charge is 0.223 e. The minimum Gasteiger partial charge on any atom is -0.354 e. The maximum absolute atomic E-state index is 13.2. The Hall–Kier alpha value is -2.11. The van der Waals surface area contributed by atoms with Gasteiger partial charge in [0.05, 0.1) is 0 Å². The number of aliphatic imine (C=N–C) groups is 1. The molecule has 0 aliphatic heterocycles. The lowest BCUT2D eigenvalue weighted by molar-refractivity contribution is -0.122. The molecule has 0 unspecified atom stereocenters. The molecule has 1 fully saturated rings. The van der Waals surface area contributed by atoms with Crippen molar-refractivity contribution < 1.29 is 9.18 Å². The highest BCUT2D eigenvalue weighted by Gasteiger charge is 2.28. The van der Waals surface area contributed by atoms with E-state index in [9.17, 15) is 9.18 Å². The number of guanidine groups is 1. The van der Waals surface area contributed by atoms with Crippen LogP contribution in [0.25, 0.3) is 0 Å². The number of rotatable bonds is 6. The third-order valence-electron chi connectivity index (χ3n) is 3.54. The average molecular weight is 306 g/mol. The molecule has 2 rings (SSSR count). The van der Waals surface area contributed by atoms with E-state index in [0.717, 1.165) is 18.4 Å². The van der Waals surface area contributed by atoms with Crippen molar-refractivity contribution in [1.82, 2.24) is 15.5 Å². The summed E-state index contributed by atoms with van der Waals surface area (Å²) >= 11 is 0. The monoisotopic (exact) mass is 306 g/mol. The van der Waals surface area contributed by atoms with Gasteiger partial charge in [0.25, 0.3) is 0 Å². The van der Waals surface area contributed by atoms with Gasteiger partial charge in [-0.05, 0) is 30.5 Å². The van der Waals surface area contributed by atoms with Crippen LogP contribution in [0, 0.1) is 11.7 Å². The Balaban J connectivity index is 1.74. The largest absolute Gasteiger partial charge is 0.354 e. The van der Waals surface area contributed by atoms with Gasteiger partial charge in [0.15, 0.2) is 5.96 Å². The standard InChI is InChI=1S/C16H23FN4O/c1-18-16(20-9-8-19-15(22)13-6-7-13)21(2)11-12-4-3-5-14(17)10-12/h3-5,10,13H,6-9,11H2,1-2H3,(H,18,20)(H,19,22). The van der Waals surface area contributed by atoms with Crippen LogP contribution < -0.4 is 10.6 Å². The quantitative estimate of drug-likeness (QED) is 0.474. The minimum atomic E-state index is -0.239. The Morgan fingerprint density at radius 2 is 2.09 bits per heavy atom. The van der Waals surface area contributed by atoms with Crippen molar-refractivity contribution in [2.45, 2.75) is 19.4 Å². The average Bonchev–Trinajstić information content (AvgIpc) is 3.31. The van der Waals surface area contributed by atoms with Crippen LogP contribution in [0.2, 0.25) is 0 Å². The van der Waals surface area contributed by atoms with Crippen molar-refractivity contribution in [1.29, 1.82) is 0 Å². The van der Waals surface area contributed by atoms with E-state index in [1.54, 1.807) is 13.1 Å². The first-order valence-electron chi connectivity index (χ1n) is 7.54. The summed E-state index contributed by atoms with van der Waals surface area (Å²) in [4.78, 5) is 17.6. The molecule has 1 aromatic carbocycles. The molecule has 0 heterocycles. The van der Waals surface area contributed by atoms with Gasteiger partial charge in [-0.2, -0.15) is 0 Å². The number of amides is 1. The van der Waals surface area contributed by atoms with Gasteiger partial charge in [-0.15, -0.1) is 0 Å². The highest BCUT2D eigenvalue weighted by Crippen LogP contribution is 2.28. The summed E-state index contributed by atoms with van der Waals surface area (Å²) in [6, 6.07) is 6.52. The SMILES string of the molecule is CN=C(NCCNC(=O)C1CC1)N(C)Cc1cccc(F)c1. The topological polar surface area (TPSA) is 56.7 Å². The van der Waals surface area contributed by atoms with Gasteiger partial charge < -0.3 is 15.5 Å². The molecular weight excluding hydrogens is 283 g/mol. The Morgan fingerprint density at radius 1 is 1.36 bits per heavy atom. The van der Waals surface area contributed by atoms with Crippen LogP contribution in [0.4, 0.5) is 4.39 Å².